The number of alkyl halides is 2. The van der Waals surface area contributed by atoms with Crippen LogP contribution in [0.2, 0.25) is 0 Å². The first kappa shape index (κ1) is 9.37. The molecule has 0 aliphatic rings. The molecule has 2 N–H and O–H groups in total. The number of aldehydes is 1. The zero-order valence-electron chi connectivity index (χ0n) is 6.25. The molecule has 0 aromatic carbocycles. The normalized spacial score (nSPS) is 10.4. The molecular formula is C7H5F2NO3. The van der Waals surface area contributed by atoms with Gasteiger partial charge < -0.3 is 10.1 Å². The highest BCUT2D eigenvalue weighted by Gasteiger charge is 2.17. The van der Waals surface area contributed by atoms with Gasteiger partial charge in [-0.1, -0.05) is 0 Å². The van der Waals surface area contributed by atoms with E-state index in [1.807, 2.05) is 4.98 Å². The second-order valence-electron chi connectivity index (χ2n) is 2.25. The smallest absolute Gasteiger partial charge is 0.268 e. The number of H-pyrrole nitrogens is 1. The molecule has 4 nitrogen and oxygen atoms in total. The summed E-state index contributed by atoms with van der Waals surface area (Å²) in [6.45, 7) is 0. The van der Waals surface area contributed by atoms with Crippen LogP contribution in [0.25, 0.3) is 0 Å². The maximum atomic E-state index is 12.1. The summed E-state index contributed by atoms with van der Waals surface area (Å²) in [6.07, 6.45) is -2.23. The molecule has 0 amide bonds. The average molecular weight is 189 g/mol. The van der Waals surface area contributed by atoms with Gasteiger partial charge in [0.15, 0.2) is 6.29 Å². The Bertz CT molecular complexity index is 386. The van der Waals surface area contributed by atoms with Crippen molar-refractivity contribution in [2.75, 3.05) is 0 Å². The Morgan fingerprint density at radius 1 is 1.54 bits per heavy atom. The molecule has 0 bridgehead atoms. The number of nitrogens with one attached hydrogen (secondary N) is 1. The van der Waals surface area contributed by atoms with Crippen molar-refractivity contribution in [1.29, 1.82) is 0 Å². The topological polar surface area (TPSA) is 70.2 Å². The number of hydrogen-bond acceptors (Lipinski definition) is 3. The van der Waals surface area contributed by atoms with Crippen molar-refractivity contribution in [3.63, 3.8) is 0 Å². The Morgan fingerprint density at radius 2 is 2.15 bits per heavy atom. The minimum Gasteiger partial charge on any atom is -0.506 e. The lowest BCUT2D eigenvalue weighted by Gasteiger charge is -2.03. The van der Waals surface area contributed by atoms with Gasteiger partial charge in [-0.15, -0.1) is 0 Å². The standard InChI is InChI=1S/C7H5F2NO3/c8-6(9)3-1-10-7(13)4(2-11)5(3)12/h1-2,6H,(H2,10,12,13). The second-order valence-corrected chi connectivity index (χ2v) is 2.25. The van der Waals surface area contributed by atoms with E-state index in [1.165, 1.54) is 0 Å². The SMILES string of the molecule is O=Cc1c(O)c(C(F)F)c[nH]c1=O. The van der Waals surface area contributed by atoms with E-state index >= 15 is 0 Å². The first-order valence-corrected chi connectivity index (χ1v) is 3.25. The molecule has 1 rings (SSSR count). The molecule has 0 saturated carbocycles. The second kappa shape index (κ2) is 3.34. The molecule has 1 heterocycles. The fraction of sp³-hybridized carbons (Fsp3) is 0.143. The number of carbonyl (C=O) groups is 1. The van der Waals surface area contributed by atoms with Crippen LogP contribution >= 0.6 is 0 Å². The van der Waals surface area contributed by atoms with E-state index in [9.17, 15) is 18.4 Å². The van der Waals surface area contributed by atoms with Gasteiger partial charge in [0.2, 0.25) is 0 Å². The minimum absolute atomic E-state index is 0.0278. The van der Waals surface area contributed by atoms with E-state index in [-0.39, 0.29) is 6.29 Å². The van der Waals surface area contributed by atoms with Gasteiger partial charge in [0.1, 0.15) is 11.3 Å². The third kappa shape index (κ3) is 1.56. The van der Waals surface area contributed by atoms with E-state index in [0.29, 0.717) is 6.20 Å². The Morgan fingerprint density at radius 3 is 2.62 bits per heavy atom. The molecule has 70 valence electrons. The monoisotopic (exact) mass is 189 g/mol. The van der Waals surface area contributed by atoms with Crippen LogP contribution < -0.4 is 5.56 Å². The molecule has 13 heavy (non-hydrogen) atoms. The molecule has 0 fully saturated rings. The van der Waals surface area contributed by atoms with Crippen molar-refractivity contribution in [3.05, 3.63) is 27.7 Å². The number of pyridine rings is 1. The van der Waals surface area contributed by atoms with Crippen LogP contribution in [0.3, 0.4) is 0 Å². The highest BCUT2D eigenvalue weighted by Crippen LogP contribution is 2.27. The van der Waals surface area contributed by atoms with Crippen molar-refractivity contribution in [2.24, 2.45) is 0 Å². The quantitative estimate of drug-likeness (QED) is 0.677. The lowest BCUT2D eigenvalue weighted by atomic mass is 10.2. The molecule has 1 aromatic rings. The summed E-state index contributed by atoms with van der Waals surface area (Å²) < 4.78 is 24.2. The predicted octanol–water partition coefficient (Wildman–Crippen LogP) is 0.831. The highest BCUT2D eigenvalue weighted by molar-refractivity contribution is 5.79. The summed E-state index contributed by atoms with van der Waals surface area (Å²) in [5.41, 5.74) is -2.34. The van der Waals surface area contributed by atoms with Crippen LogP contribution in [-0.2, 0) is 0 Å². The van der Waals surface area contributed by atoms with Gasteiger partial charge in [-0.2, -0.15) is 0 Å². The van der Waals surface area contributed by atoms with Gasteiger partial charge in [-0.25, -0.2) is 8.78 Å². The predicted molar refractivity (Wildman–Crippen MR) is 39.1 cm³/mol. The van der Waals surface area contributed by atoms with Crippen LogP contribution in [0.4, 0.5) is 8.78 Å². The van der Waals surface area contributed by atoms with Crippen molar-refractivity contribution in [3.8, 4) is 5.75 Å². The molecule has 0 spiro atoms. The third-order valence-corrected chi connectivity index (χ3v) is 1.48. The number of halogens is 2. The number of rotatable bonds is 2. The van der Waals surface area contributed by atoms with E-state index < -0.39 is 28.9 Å². The number of aromatic hydroxyl groups is 1. The first-order valence-electron chi connectivity index (χ1n) is 3.25. The highest BCUT2D eigenvalue weighted by atomic mass is 19.3. The fourth-order valence-corrected chi connectivity index (χ4v) is 0.828. The Labute approximate surface area is 70.8 Å². The summed E-state index contributed by atoms with van der Waals surface area (Å²) in [4.78, 5) is 22.9. The van der Waals surface area contributed by atoms with Gasteiger partial charge in [0, 0.05) is 6.20 Å². The zero-order valence-corrected chi connectivity index (χ0v) is 6.25. The van der Waals surface area contributed by atoms with Gasteiger partial charge >= 0.3 is 0 Å². The Balaban J connectivity index is 3.44. The van der Waals surface area contributed by atoms with E-state index in [4.69, 9.17) is 5.11 Å². The molecule has 6 heteroatoms. The number of hydrogen-bond donors (Lipinski definition) is 2. The van der Waals surface area contributed by atoms with Crippen LogP contribution in [0.1, 0.15) is 22.3 Å². The van der Waals surface area contributed by atoms with Gasteiger partial charge in [0.25, 0.3) is 12.0 Å². The zero-order chi connectivity index (χ0) is 10.0. The van der Waals surface area contributed by atoms with Gasteiger partial charge in [0.05, 0.1) is 5.56 Å². The van der Waals surface area contributed by atoms with Crippen molar-refractivity contribution < 1.29 is 18.7 Å². The number of aromatic amines is 1. The summed E-state index contributed by atoms with van der Waals surface area (Å²) in [5.74, 6) is -0.964. The van der Waals surface area contributed by atoms with E-state index in [1.54, 1.807) is 0 Å². The third-order valence-electron chi connectivity index (χ3n) is 1.48. The molecule has 0 radical (unpaired) electrons. The molecule has 0 unspecified atom stereocenters. The lowest BCUT2D eigenvalue weighted by Crippen LogP contribution is -2.12. The minimum atomic E-state index is -2.93. The molecule has 0 aliphatic heterocycles. The maximum Gasteiger partial charge on any atom is 0.268 e. The van der Waals surface area contributed by atoms with Crippen LogP contribution in [0.15, 0.2) is 11.0 Å². The summed E-state index contributed by atoms with van der Waals surface area (Å²) in [6, 6.07) is 0. The number of carbonyl (C=O) groups excluding carboxylic acids is 1. The summed E-state index contributed by atoms with van der Waals surface area (Å²) in [7, 11) is 0. The lowest BCUT2D eigenvalue weighted by molar-refractivity contribution is 0.111. The summed E-state index contributed by atoms with van der Waals surface area (Å²) >= 11 is 0. The van der Waals surface area contributed by atoms with Crippen molar-refractivity contribution >= 4 is 6.29 Å². The molecule has 0 atom stereocenters. The van der Waals surface area contributed by atoms with Crippen LogP contribution in [0.5, 0.6) is 5.75 Å². The summed E-state index contributed by atoms with van der Waals surface area (Å²) in [5, 5.41) is 9.01. The van der Waals surface area contributed by atoms with Gasteiger partial charge in [-0.05, 0) is 0 Å². The van der Waals surface area contributed by atoms with Crippen molar-refractivity contribution in [2.45, 2.75) is 6.43 Å². The Hall–Kier alpha value is -1.72. The average Bonchev–Trinajstić information content (AvgIpc) is 2.04. The molecule has 0 aliphatic carbocycles. The largest absolute Gasteiger partial charge is 0.506 e. The van der Waals surface area contributed by atoms with E-state index in [2.05, 4.69) is 0 Å². The van der Waals surface area contributed by atoms with Crippen LogP contribution in [0, 0.1) is 0 Å². The first-order chi connectivity index (χ1) is 6.07. The maximum absolute atomic E-state index is 12.1. The molecule has 1 aromatic heterocycles. The van der Waals surface area contributed by atoms with Gasteiger partial charge in [-0.3, -0.25) is 9.59 Å². The van der Waals surface area contributed by atoms with Crippen molar-refractivity contribution in [1.82, 2.24) is 4.98 Å². The molecular weight excluding hydrogens is 184 g/mol. The Kier molecular flexibility index (Phi) is 2.41. The van der Waals surface area contributed by atoms with Crippen LogP contribution in [-0.4, -0.2) is 16.4 Å². The molecule has 0 saturated heterocycles. The van der Waals surface area contributed by atoms with E-state index in [0.717, 1.165) is 0 Å². The number of aromatic nitrogens is 1. The fourth-order valence-electron chi connectivity index (χ4n) is 0.828.